The largest absolute Gasteiger partial charge is 0.324 e. The second-order valence-electron chi connectivity index (χ2n) is 5.65. The second-order valence-corrected chi connectivity index (χ2v) is 7.80. The first-order valence-corrected chi connectivity index (χ1v) is 8.93. The molecule has 1 aliphatic rings. The van der Waals surface area contributed by atoms with Gasteiger partial charge in [-0.15, -0.1) is 0 Å². The molecule has 0 amide bonds. The minimum Gasteiger partial charge on any atom is -0.324 e. The highest BCUT2D eigenvalue weighted by Gasteiger charge is 2.29. The van der Waals surface area contributed by atoms with Crippen LogP contribution < -0.4 is 10.5 Å². The fraction of sp³-hybridized carbons (Fsp3) is 0.571. The molecule has 1 aromatic carbocycles. The Bertz CT molecular complexity index is 599. The maximum atomic E-state index is 13.8. The fourth-order valence-corrected chi connectivity index (χ4v) is 4.08. The lowest BCUT2D eigenvalue weighted by atomic mass is 9.92. The Morgan fingerprint density at radius 2 is 1.86 bits per heavy atom. The fourth-order valence-electron chi connectivity index (χ4n) is 2.62. The Morgan fingerprint density at radius 1 is 1.24 bits per heavy atom. The van der Waals surface area contributed by atoms with Gasteiger partial charge in [-0.3, -0.25) is 0 Å². The van der Waals surface area contributed by atoms with Crippen LogP contribution in [0.5, 0.6) is 0 Å². The van der Waals surface area contributed by atoms with Crippen molar-refractivity contribution in [2.75, 3.05) is 6.54 Å². The zero-order valence-corrected chi connectivity index (χ0v) is 13.3. The quantitative estimate of drug-likeness (QED) is 0.832. The van der Waals surface area contributed by atoms with Gasteiger partial charge in [0, 0.05) is 12.1 Å². The monoisotopic (exact) mass is 334 g/mol. The van der Waals surface area contributed by atoms with Gasteiger partial charge < -0.3 is 5.73 Å². The molecule has 21 heavy (non-hydrogen) atoms. The van der Waals surface area contributed by atoms with Gasteiger partial charge in [0.15, 0.2) is 5.82 Å². The smallest absolute Gasteiger partial charge is 0.243 e. The molecule has 0 unspecified atom stereocenters. The van der Waals surface area contributed by atoms with Gasteiger partial charge in [0.2, 0.25) is 10.0 Å². The lowest BCUT2D eigenvalue weighted by Crippen LogP contribution is -2.49. The molecule has 3 N–H and O–H groups in total. The SMILES string of the molecule is NC1(CNS(=O)(=O)c2cccc(Cl)c2F)CCCCCC1. The number of sulfonamides is 1. The molecule has 7 heteroatoms. The highest BCUT2D eigenvalue weighted by Crippen LogP contribution is 2.26. The van der Waals surface area contributed by atoms with E-state index in [0.29, 0.717) is 0 Å². The van der Waals surface area contributed by atoms with Crippen molar-refractivity contribution in [3.05, 3.63) is 29.0 Å². The molecule has 2 rings (SSSR count). The van der Waals surface area contributed by atoms with E-state index in [4.69, 9.17) is 17.3 Å². The first-order chi connectivity index (χ1) is 9.84. The summed E-state index contributed by atoms with van der Waals surface area (Å²) >= 11 is 5.63. The summed E-state index contributed by atoms with van der Waals surface area (Å²) in [6, 6.07) is 3.91. The van der Waals surface area contributed by atoms with E-state index >= 15 is 0 Å². The maximum absolute atomic E-state index is 13.8. The first-order valence-electron chi connectivity index (χ1n) is 7.07. The summed E-state index contributed by atoms with van der Waals surface area (Å²) in [6.45, 7) is 0.112. The summed E-state index contributed by atoms with van der Waals surface area (Å²) in [4.78, 5) is -0.438. The van der Waals surface area contributed by atoms with Gasteiger partial charge >= 0.3 is 0 Å². The van der Waals surface area contributed by atoms with E-state index in [0.717, 1.165) is 38.5 Å². The van der Waals surface area contributed by atoms with Crippen LogP contribution in [0.1, 0.15) is 38.5 Å². The minimum atomic E-state index is -3.95. The zero-order valence-electron chi connectivity index (χ0n) is 11.7. The van der Waals surface area contributed by atoms with Crippen molar-refractivity contribution in [3.63, 3.8) is 0 Å². The molecule has 0 aliphatic heterocycles. The second kappa shape index (κ2) is 6.60. The topological polar surface area (TPSA) is 72.2 Å². The van der Waals surface area contributed by atoms with Crippen molar-refractivity contribution < 1.29 is 12.8 Å². The van der Waals surface area contributed by atoms with Crippen LogP contribution in [0.15, 0.2) is 23.1 Å². The van der Waals surface area contributed by atoms with Crippen molar-refractivity contribution in [1.82, 2.24) is 4.72 Å². The number of rotatable bonds is 4. The van der Waals surface area contributed by atoms with Crippen LogP contribution in [-0.4, -0.2) is 20.5 Å². The Balaban J connectivity index is 2.12. The summed E-state index contributed by atoms with van der Waals surface area (Å²) in [7, 11) is -3.95. The molecule has 0 heterocycles. The molecule has 1 aliphatic carbocycles. The predicted octanol–water partition coefficient (Wildman–Crippen LogP) is 2.81. The summed E-state index contributed by atoms with van der Waals surface area (Å²) < 4.78 is 40.7. The molecule has 1 aromatic rings. The van der Waals surface area contributed by atoms with E-state index in [1.807, 2.05) is 0 Å². The number of benzene rings is 1. The van der Waals surface area contributed by atoms with Crippen molar-refractivity contribution in [1.29, 1.82) is 0 Å². The minimum absolute atomic E-state index is 0.112. The molecule has 0 spiro atoms. The van der Waals surface area contributed by atoms with Gasteiger partial charge in [-0.05, 0) is 25.0 Å². The molecule has 4 nitrogen and oxygen atoms in total. The lowest BCUT2D eigenvalue weighted by molar-refractivity contribution is 0.368. The molecular formula is C14H20ClFN2O2S. The third-order valence-electron chi connectivity index (χ3n) is 3.92. The molecular weight excluding hydrogens is 315 g/mol. The molecule has 1 saturated carbocycles. The van der Waals surface area contributed by atoms with Gasteiger partial charge in [0.25, 0.3) is 0 Å². The van der Waals surface area contributed by atoms with Gasteiger partial charge in [-0.2, -0.15) is 0 Å². The maximum Gasteiger partial charge on any atom is 0.243 e. The van der Waals surface area contributed by atoms with Crippen LogP contribution in [0.2, 0.25) is 5.02 Å². The van der Waals surface area contributed by atoms with Crippen LogP contribution in [0, 0.1) is 5.82 Å². The summed E-state index contributed by atoms with van der Waals surface area (Å²) in [5.74, 6) is -0.932. The van der Waals surface area contributed by atoms with Gasteiger partial charge in [-0.1, -0.05) is 43.4 Å². The third kappa shape index (κ3) is 4.16. The lowest BCUT2D eigenvalue weighted by Gasteiger charge is -2.28. The number of nitrogens with one attached hydrogen (secondary N) is 1. The van der Waals surface area contributed by atoms with Crippen molar-refractivity contribution in [2.24, 2.45) is 5.73 Å². The normalized spacial score (nSPS) is 19.2. The highest BCUT2D eigenvalue weighted by molar-refractivity contribution is 7.89. The molecule has 1 fully saturated rings. The Morgan fingerprint density at radius 3 is 2.48 bits per heavy atom. The van der Waals surface area contributed by atoms with Crippen molar-refractivity contribution in [2.45, 2.75) is 49.0 Å². The van der Waals surface area contributed by atoms with Gasteiger partial charge in [0.1, 0.15) is 4.90 Å². The van der Waals surface area contributed by atoms with Crippen LogP contribution in [-0.2, 0) is 10.0 Å². The molecule has 0 bridgehead atoms. The average molecular weight is 335 g/mol. The predicted molar refractivity (Wildman–Crippen MR) is 81.2 cm³/mol. The van der Waals surface area contributed by atoms with E-state index in [1.165, 1.54) is 18.2 Å². The van der Waals surface area contributed by atoms with E-state index < -0.39 is 26.3 Å². The van der Waals surface area contributed by atoms with Crippen molar-refractivity contribution >= 4 is 21.6 Å². The molecule has 0 radical (unpaired) electrons. The number of hydrogen-bond acceptors (Lipinski definition) is 3. The summed E-state index contributed by atoms with van der Waals surface area (Å²) in [6.07, 6.45) is 5.76. The van der Waals surface area contributed by atoms with E-state index in [2.05, 4.69) is 4.72 Å². The molecule has 0 aromatic heterocycles. The van der Waals surface area contributed by atoms with Crippen LogP contribution in [0.4, 0.5) is 4.39 Å². The summed E-state index contributed by atoms with van der Waals surface area (Å²) in [5, 5.41) is -0.213. The molecule has 118 valence electrons. The first kappa shape index (κ1) is 16.7. The van der Waals surface area contributed by atoms with Crippen molar-refractivity contribution in [3.8, 4) is 0 Å². The van der Waals surface area contributed by atoms with Gasteiger partial charge in [0.05, 0.1) is 5.02 Å². The molecule has 0 atom stereocenters. The number of halogens is 2. The summed E-state index contributed by atoms with van der Waals surface area (Å²) in [5.41, 5.74) is 5.71. The van der Waals surface area contributed by atoms with Gasteiger partial charge in [-0.25, -0.2) is 17.5 Å². The van der Waals surface area contributed by atoms with E-state index in [1.54, 1.807) is 0 Å². The van der Waals surface area contributed by atoms with Crippen LogP contribution >= 0.6 is 11.6 Å². The highest BCUT2D eigenvalue weighted by atomic mass is 35.5. The van der Waals surface area contributed by atoms with E-state index in [-0.39, 0.29) is 11.6 Å². The van der Waals surface area contributed by atoms with Crippen LogP contribution in [0.3, 0.4) is 0 Å². The Kier molecular flexibility index (Phi) is 5.24. The molecule has 0 saturated heterocycles. The Labute approximate surface area is 129 Å². The number of nitrogens with two attached hydrogens (primary N) is 1. The number of hydrogen-bond donors (Lipinski definition) is 2. The Hall–Kier alpha value is -0.690. The van der Waals surface area contributed by atoms with E-state index in [9.17, 15) is 12.8 Å². The standard InChI is InChI=1S/C14H20ClFN2O2S/c15-11-6-5-7-12(13(11)16)21(19,20)18-10-14(17)8-3-1-2-4-9-14/h5-7,18H,1-4,8-10,17H2. The van der Waals surface area contributed by atoms with Crippen LogP contribution in [0.25, 0.3) is 0 Å². The third-order valence-corrected chi connectivity index (χ3v) is 5.63. The zero-order chi connectivity index (χ0) is 15.5. The average Bonchev–Trinajstić information content (AvgIpc) is 2.65.